The molecule has 7 nitrogen and oxygen atoms in total. The molecule has 0 unspecified atom stereocenters. The first-order valence-electron chi connectivity index (χ1n) is 10.8. The minimum absolute atomic E-state index is 0.136. The highest BCUT2D eigenvalue weighted by molar-refractivity contribution is 5.91. The van der Waals surface area contributed by atoms with Crippen LogP contribution in [0.2, 0.25) is 0 Å². The molecular formula is C27H21N5O2. The molecule has 0 spiro atoms. The van der Waals surface area contributed by atoms with Crippen LogP contribution in [0, 0.1) is 25.2 Å². The highest BCUT2D eigenvalue weighted by atomic mass is 16.5. The van der Waals surface area contributed by atoms with Crippen molar-refractivity contribution in [1.29, 1.82) is 5.26 Å². The monoisotopic (exact) mass is 447 g/mol. The van der Waals surface area contributed by atoms with Crippen molar-refractivity contribution in [3.8, 4) is 17.7 Å². The summed E-state index contributed by atoms with van der Waals surface area (Å²) >= 11 is 0. The van der Waals surface area contributed by atoms with E-state index in [0.29, 0.717) is 17.2 Å². The van der Waals surface area contributed by atoms with Gasteiger partial charge in [-0.1, -0.05) is 30.3 Å². The van der Waals surface area contributed by atoms with Crippen LogP contribution in [0.25, 0.3) is 28.3 Å². The van der Waals surface area contributed by atoms with Crippen LogP contribution in [-0.2, 0) is 7.05 Å². The molecule has 0 aliphatic rings. The molecule has 0 atom stereocenters. The second-order valence-corrected chi connectivity index (χ2v) is 8.09. The third-order valence-electron chi connectivity index (χ3n) is 5.69. The molecule has 2 aromatic carbocycles. The Balaban J connectivity index is 1.76. The predicted molar refractivity (Wildman–Crippen MR) is 132 cm³/mol. The Morgan fingerprint density at radius 1 is 1.06 bits per heavy atom. The van der Waals surface area contributed by atoms with E-state index in [2.05, 4.69) is 16.0 Å². The minimum Gasteiger partial charge on any atom is -0.438 e. The third kappa shape index (κ3) is 3.61. The lowest BCUT2D eigenvalue weighted by Gasteiger charge is -2.12. The normalized spacial score (nSPS) is 11.6. The summed E-state index contributed by atoms with van der Waals surface area (Å²) in [6, 6.07) is 21.0. The van der Waals surface area contributed by atoms with Crippen LogP contribution in [0.3, 0.4) is 0 Å². The maximum absolute atomic E-state index is 13.6. The number of hydrogen-bond acceptors (Lipinski definition) is 5. The first kappa shape index (κ1) is 21.2. The molecule has 7 heteroatoms. The number of nitriles is 1. The fourth-order valence-electron chi connectivity index (χ4n) is 3.96. The van der Waals surface area contributed by atoms with E-state index in [1.54, 1.807) is 18.3 Å². The Hall–Kier alpha value is -4.70. The summed E-state index contributed by atoms with van der Waals surface area (Å²) in [6.45, 7) is 3.84. The van der Waals surface area contributed by atoms with Crippen molar-refractivity contribution in [2.45, 2.75) is 13.8 Å². The second kappa shape index (κ2) is 8.34. The van der Waals surface area contributed by atoms with Crippen molar-refractivity contribution in [1.82, 2.24) is 18.9 Å². The molecule has 34 heavy (non-hydrogen) atoms. The van der Waals surface area contributed by atoms with Gasteiger partial charge in [-0.3, -0.25) is 9.20 Å². The summed E-state index contributed by atoms with van der Waals surface area (Å²) in [4.78, 5) is 22.8. The van der Waals surface area contributed by atoms with Gasteiger partial charge in [0.1, 0.15) is 23.0 Å². The molecule has 0 fully saturated rings. The maximum Gasteiger partial charge on any atom is 0.269 e. The van der Waals surface area contributed by atoms with E-state index in [9.17, 15) is 10.1 Å². The molecule has 0 amide bonds. The van der Waals surface area contributed by atoms with Crippen molar-refractivity contribution in [2.24, 2.45) is 7.05 Å². The van der Waals surface area contributed by atoms with E-state index in [1.165, 1.54) is 10.5 Å². The van der Waals surface area contributed by atoms with Gasteiger partial charge in [0.05, 0.1) is 16.6 Å². The molecule has 0 N–H and O–H groups in total. The van der Waals surface area contributed by atoms with Crippen LogP contribution in [-0.4, -0.2) is 18.9 Å². The SMILES string of the molecule is Cc1cccc(Oc2nc3c(C)cccn3c(=O)c2C=C(C#N)c2nc3ccccc3n2C)c1. The Kier molecular flexibility index (Phi) is 5.19. The third-order valence-corrected chi connectivity index (χ3v) is 5.69. The van der Waals surface area contributed by atoms with Crippen molar-refractivity contribution in [3.63, 3.8) is 0 Å². The first-order chi connectivity index (χ1) is 16.5. The van der Waals surface area contributed by atoms with Gasteiger partial charge in [0.25, 0.3) is 5.56 Å². The van der Waals surface area contributed by atoms with Crippen LogP contribution in [0.5, 0.6) is 11.6 Å². The number of pyridine rings is 1. The Bertz CT molecular complexity index is 1700. The van der Waals surface area contributed by atoms with E-state index < -0.39 is 0 Å². The molecule has 3 heterocycles. The smallest absolute Gasteiger partial charge is 0.269 e. The van der Waals surface area contributed by atoms with Gasteiger partial charge < -0.3 is 9.30 Å². The minimum atomic E-state index is -0.331. The lowest BCUT2D eigenvalue weighted by molar-refractivity contribution is 0.460. The van der Waals surface area contributed by atoms with Crippen molar-refractivity contribution in [3.05, 3.63) is 99.7 Å². The number of para-hydroxylation sites is 2. The van der Waals surface area contributed by atoms with Gasteiger partial charge in [0.2, 0.25) is 5.88 Å². The molecular weight excluding hydrogens is 426 g/mol. The van der Waals surface area contributed by atoms with Gasteiger partial charge >= 0.3 is 0 Å². The number of allylic oxidation sites excluding steroid dienone is 1. The summed E-state index contributed by atoms with van der Waals surface area (Å²) in [5.41, 5.74) is 4.07. The summed E-state index contributed by atoms with van der Waals surface area (Å²) < 4.78 is 9.40. The number of aromatic nitrogens is 4. The number of benzene rings is 2. The van der Waals surface area contributed by atoms with E-state index >= 15 is 0 Å². The fraction of sp³-hybridized carbons (Fsp3) is 0.111. The van der Waals surface area contributed by atoms with Crippen LogP contribution in [0.15, 0.2) is 71.7 Å². The summed E-state index contributed by atoms with van der Waals surface area (Å²) in [7, 11) is 1.84. The van der Waals surface area contributed by atoms with Crippen LogP contribution in [0.1, 0.15) is 22.5 Å². The number of aryl methyl sites for hydroxylation is 3. The van der Waals surface area contributed by atoms with Crippen molar-refractivity contribution >= 4 is 28.3 Å². The standard InChI is InChI=1S/C27H21N5O2/c1-17-8-6-10-20(14-17)34-26-21(27(33)32-13-7-9-18(2)24(32)30-26)15-19(16-28)25-29-22-11-4-5-12-23(22)31(25)3/h4-15H,1-3H3. The lowest BCUT2D eigenvalue weighted by atomic mass is 10.1. The van der Waals surface area contributed by atoms with Crippen molar-refractivity contribution in [2.75, 3.05) is 0 Å². The number of fused-ring (bicyclic) bond motifs is 2. The largest absolute Gasteiger partial charge is 0.438 e. The van der Waals surface area contributed by atoms with Gasteiger partial charge in [-0.25, -0.2) is 4.98 Å². The van der Waals surface area contributed by atoms with E-state index in [4.69, 9.17) is 4.74 Å². The quantitative estimate of drug-likeness (QED) is 0.360. The van der Waals surface area contributed by atoms with Crippen molar-refractivity contribution < 1.29 is 4.74 Å². The average Bonchev–Trinajstić information content (AvgIpc) is 3.16. The van der Waals surface area contributed by atoms with Gasteiger partial charge in [-0.15, -0.1) is 0 Å². The first-order valence-corrected chi connectivity index (χ1v) is 10.8. The molecule has 166 valence electrons. The number of imidazole rings is 1. The van der Waals surface area contributed by atoms with Crippen LogP contribution < -0.4 is 10.3 Å². The zero-order valence-corrected chi connectivity index (χ0v) is 19.0. The van der Waals surface area contributed by atoms with E-state index in [0.717, 1.165) is 22.2 Å². The van der Waals surface area contributed by atoms with E-state index in [1.807, 2.05) is 74.0 Å². The zero-order chi connectivity index (χ0) is 23.8. The molecule has 0 aliphatic heterocycles. The van der Waals surface area contributed by atoms with Gasteiger partial charge in [0, 0.05) is 13.2 Å². The number of nitrogens with zero attached hydrogens (tertiary/aromatic N) is 5. The number of rotatable bonds is 4. The number of hydrogen-bond donors (Lipinski definition) is 0. The topological polar surface area (TPSA) is 85.2 Å². The molecule has 5 aromatic rings. The summed E-state index contributed by atoms with van der Waals surface area (Å²) in [5, 5.41) is 10.0. The van der Waals surface area contributed by atoms with Crippen LogP contribution in [0.4, 0.5) is 0 Å². The molecule has 0 radical (unpaired) electrons. The molecule has 0 saturated carbocycles. The van der Waals surface area contributed by atoms with Gasteiger partial charge in [-0.05, 0) is 61.4 Å². The summed E-state index contributed by atoms with van der Waals surface area (Å²) in [6.07, 6.45) is 3.17. The van der Waals surface area contributed by atoms with Gasteiger partial charge in [-0.2, -0.15) is 10.2 Å². The Morgan fingerprint density at radius 3 is 2.65 bits per heavy atom. The molecule has 5 rings (SSSR count). The highest BCUT2D eigenvalue weighted by Gasteiger charge is 2.18. The average molecular weight is 447 g/mol. The molecule has 3 aromatic heterocycles. The van der Waals surface area contributed by atoms with E-state index in [-0.39, 0.29) is 22.6 Å². The molecule has 0 bridgehead atoms. The zero-order valence-electron chi connectivity index (χ0n) is 19.0. The van der Waals surface area contributed by atoms with Crippen LogP contribution >= 0.6 is 0 Å². The summed E-state index contributed by atoms with van der Waals surface area (Å²) in [5.74, 6) is 1.15. The molecule has 0 saturated heterocycles. The highest BCUT2D eigenvalue weighted by Crippen LogP contribution is 2.28. The predicted octanol–water partition coefficient (Wildman–Crippen LogP) is 5.05. The Labute approximate surface area is 195 Å². The molecule has 0 aliphatic carbocycles. The maximum atomic E-state index is 13.6. The van der Waals surface area contributed by atoms with Gasteiger partial charge in [0.15, 0.2) is 5.82 Å². The fourth-order valence-corrected chi connectivity index (χ4v) is 3.96. The lowest BCUT2D eigenvalue weighted by Crippen LogP contribution is -2.19. The number of ether oxygens (including phenoxy) is 1. The second-order valence-electron chi connectivity index (χ2n) is 8.09. The Morgan fingerprint density at radius 2 is 1.88 bits per heavy atom.